The van der Waals surface area contributed by atoms with E-state index in [0.29, 0.717) is 19.0 Å². The van der Waals surface area contributed by atoms with Crippen LogP contribution in [-0.2, 0) is 4.79 Å². The van der Waals surface area contributed by atoms with Gasteiger partial charge in [-0.3, -0.25) is 9.48 Å². The molecule has 7 nitrogen and oxygen atoms in total. The molecule has 0 aromatic carbocycles. The van der Waals surface area contributed by atoms with Crippen LogP contribution in [0, 0.1) is 0 Å². The van der Waals surface area contributed by atoms with Gasteiger partial charge in [0.15, 0.2) is 0 Å². The number of anilines is 1. The molecule has 3 aliphatic rings. The van der Waals surface area contributed by atoms with E-state index in [9.17, 15) is 9.59 Å². The lowest BCUT2D eigenvalue weighted by Gasteiger charge is -2.20. The molecule has 2 saturated heterocycles. The lowest BCUT2D eigenvalue weighted by atomic mass is 10.2. The Labute approximate surface area is 142 Å². The number of aromatic nitrogens is 2. The summed E-state index contributed by atoms with van der Waals surface area (Å²) < 4.78 is 1.92. The van der Waals surface area contributed by atoms with Crippen LogP contribution in [0.3, 0.4) is 0 Å². The quantitative estimate of drug-likeness (QED) is 0.920. The number of urea groups is 1. The molecule has 7 heteroatoms. The molecule has 0 bridgehead atoms. The van der Waals surface area contributed by atoms with Crippen molar-refractivity contribution in [2.24, 2.45) is 0 Å². The van der Waals surface area contributed by atoms with Gasteiger partial charge in [-0.25, -0.2) is 4.79 Å². The van der Waals surface area contributed by atoms with Gasteiger partial charge in [0.2, 0.25) is 5.91 Å². The summed E-state index contributed by atoms with van der Waals surface area (Å²) in [5.74, 6) is 0.179. The third-order valence-electron chi connectivity index (χ3n) is 5.48. The average molecular weight is 331 g/mol. The number of nitrogens with zero attached hydrogens (tertiary/aromatic N) is 4. The molecule has 0 spiro atoms. The van der Waals surface area contributed by atoms with Crippen LogP contribution in [0.1, 0.15) is 51.0 Å². The summed E-state index contributed by atoms with van der Waals surface area (Å²) in [7, 11) is 0. The molecule has 3 heterocycles. The Bertz CT molecular complexity index is 622. The van der Waals surface area contributed by atoms with Crippen molar-refractivity contribution in [3.8, 4) is 0 Å². The number of rotatable bonds is 3. The van der Waals surface area contributed by atoms with Crippen molar-refractivity contribution in [2.75, 3.05) is 24.5 Å². The van der Waals surface area contributed by atoms with Crippen LogP contribution in [0.15, 0.2) is 12.4 Å². The van der Waals surface area contributed by atoms with Crippen molar-refractivity contribution in [3.05, 3.63) is 12.4 Å². The maximum Gasteiger partial charge on any atom is 0.317 e. The van der Waals surface area contributed by atoms with Crippen LogP contribution in [-0.4, -0.2) is 52.3 Å². The Hall–Kier alpha value is -2.05. The molecule has 3 amide bonds. The van der Waals surface area contributed by atoms with E-state index in [4.69, 9.17) is 0 Å². The molecule has 1 unspecified atom stereocenters. The van der Waals surface area contributed by atoms with Gasteiger partial charge in [0.25, 0.3) is 0 Å². The minimum atomic E-state index is 0.0616. The number of hydrogen-bond acceptors (Lipinski definition) is 3. The number of nitrogens with one attached hydrogen (secondary N) is 1. The fourth-order valence-corrected chi connectivity index (χ4v) is 4.07. The molecular weight excluding hydrogens is 306 g/mol. The van der Waals surface area contributed by atoms with Crippen molar-refractivity contribution in [3.63, 3.8) is 0 Å². The first kappa shape index (κ1) is 15.5. The average Bonchev–Trinajstić information content (AvgIpc) is 3.34. The first-order valence-electron chi connectivity index (χ1n) is 9.10. The molecule has 24 heavy (non-hydrogen) atoms. The minimum absolute atomic E-state index is 0.0616. The molecule has 1 atom stereocenters. The highest BCUT2D eigenvalue weighted by Gasteiger charge is 2.30. The fourth-order valence-electron chi connectivity index (χ4n) is 4.07. The van der Waals surface area contributed by atoms with E-state index in [0.717, 1.165) is 44.5 Å². The number of amides is 3. The second-order valence-electron chi connectivity index (χ2n) is 7.15. The van der Waals surface area contributed by atoms with Crippen LogP contribution in [0.5, 0.6) is 0 Å². The van der Waals surface area contributed by atoms with E-state index in [1.54, 1.807) is 6.20 Å². The highest BCUT2D eigenvalue weighted by atomic mass is 16.2. The predicted molar refractivity (Wildman–Crippen MR) is 89.8 cm³/mol. The first-order chi connectivity index (χ1) is 11.7. The maximum atomic E-state index is 12.4. The zero-order valence-corrected chi connectivity index (χ0v) is 14.0. The second kappa shape index (κ2) is 6.45. The standard InChI is InChI=1S/C17H25N5O2/c23-16-6-3-8-21(16)15-10-18-22(12-15)14-7-9-20(11-14)17(24)19-13-4-1-2-5-13/h10,12-14H,1-9,11H2,(H,19,24). The van der Waals surface area contributed by atoms with Crippen molar-refractivity contribution < 1.29 is 9.59 Å². The normalized spacial score (nSPS) is 25.0. The van der Waals surface area contributed by atoms with E-state index < -0.39 is 0 Å². The van der Waals surface area contributed by atoms with Crippen LogP contribution >= 0.6 is 0 Å². The molecule has 1 N–H and O–H groups in total. The van der Waals surface area contributed by atoms with Crippen LogP contribution < -0.4 is 10.2 Å². The van der Waals surface area contributed by atoms with Crippen molar-refractivity contribution in [2.45, 2.75) is 57.0 Å². The Morgan fingerprint density at radius 1 is 1.17 bits per heavy atom. The number of carbonyl (C=O) groups is 2. The lowest BCUT2D eigenvalue weighted by Crippen LogP contribution is -2.43. The van der Waals surface area contributed by atoms with Crippen molar-refractivity contribution in [1.82, 2.24) is 20.0 Å². The molecular formula is C17H25N5O2. The number of likely N-dealkylation sites (tertiary alicyclic amines) is 1. The summed E-state index contributed by atoms with van der Waals surface area (Å²) in [6.45, 7) is 2.24. The summed E-state index contributed by atoms with van der Waals surface area (Å²) in [6, 6.07) is 0.617. The van der Waals surface area contributed by atoms with Crippen LogP contribution in [0.2, 0.25) is 0 Å². The van der Waals surface area contributed by atoms with E-state index in [1.807, 2.05) is 20.7 Å². The van der Waals surface area contributed by atoms with E-state index >= 15 is 0 Å². The summed E-state index contributed by atoms with van der Waals surface area (Å²) in [6.07, 6.45) is 10.8. The molecule has 1 aliphatic carbocycles. The minimum Gasteiger partial charge on any atom is -0.335 e. The largest absolute Gasteiger partial charge is 0.335 e. The van der Waals surface area contributed by atoms with Gasteiger partial charge in [0.05, 0.1) is 17.9 Å². The number of hydrogen-bond donors (Lipinski definition) is 1. The van der Waals surface area contributed by atoms with E-state index in [-0.39, 0.29) is 18.0 Å². The van der Waals surface area contributed by atoms with Gasteiger partial charge < -0.3 is 15.1 Å². The Morgan fingerprint density at radius 3 is 2.75 bits per heavy atom. The third kappa shape index (κ3) is 2.99. The Balaban J connectivity index is 1.35. The Kier molecular flexibility index (Phi) is 4.16. The molecule has 1 saturated carbocycles. The SMILES string of the molecule is O=C(NC1CCCC1)N1CCC(n2cc(N3CCCC3=O)cn2)C1. The van der Waals surface area contributed by atoms with Gasteiger partial charge in [-0.1, -0.05) is 12.8 Å². The zero-order chi connectivity index (χ0) is 16.5. The highest BCUT2D eigenvalue weighted by molar-refractivity contribution is 5.95. The summed E-state index contributed by atoms with van der Waals surface area (Å²) in [5.41, 5.74) is 0.881. The summed E-state index contributed by atoms with van der Waals surface area (Å²) in [4.78, 5) is 27.9. The van der Waals surface area contributed by atoms with Crippen molar-refractivity contribution in [1.29, 1.82) is 0 Å². The van der Waals surface area contributed by atoms with Gasteiger partial charge in [-0.05, 0) is 25.7 Å². The molecule has 4 rings (SSSR count). The van der Waals surface area contributed by atoms with Crippen LogP contribution in [0.25, 0.3) is 0 Å². The highest BCUT2D eigenvalue weighted by Crippen LogP contribution is 2.26. The molecule has 130 valence electrons. The van der Waals surface area contributed by atoms with Crippen LogP contribution in [0.4, 0.5) is 10.5 Å². The van der Waals surface area contributed by atoms with E-state index in [2.05, 4.69) is 10.4 Å². The van der Waals surface area contributed by atoms with Gasteiger partial charge in [0.1, 0.15) is 0 Å². The smallest absolute Gasteiger partial charge is 0.317 e. The van der Waals surface area contributed by atoms with Gasteiger partial charge in [-0.15, -0.1) is 0 Å². The molecule has 3 fully saturated rings. The van der Waals surface area contributed by atoms with Gasteiger partial charge in [0, 0.05) is 38.3 Å². The van der Waals surface area contributed by atoms with Crippen molar-refractivity contribution >= 4 is 17.6 Å². The number of carbonyl (C=O) groups excluding carboxylic acids is 2. The van der Waals surface area contributed by atoms with Gasteiger partial charge in [-0.2, -0.15) is 5.10 Å². The predicted octanol–water partition coefficient (Wildman–Crippen LogP) is 1.91. The van der Waals surface area contributed by atoms with E-state index in [1.165, 1.54) is 12.8 Å². The zero-order valence-electron chi connectivity index (χ0n) is 14.0. The molecule has 1 aromatic heterocycles. The second-order valence-corrected chi connectivity index (χ2v) is 7.15. The maximum absolute atomic E-state index is 12.4. The summed E-state index contributed by atoms with van der Waals surface area (Å²) in [5, 5.41) is 7.59. The topological polar surface area (TPSA) is 70.5 Å². The lowest BCUT2D eigenvalue weighted by molar-refractivity contribution is -0.117. The fraction of sp³-hybridized carbons (Fsp3) is 0.706. The molecule has 1 aromatic rings. The Morgan fingerprint density at radius 2 is 2.00 bits per heavy atom. The molecule has 0 radical (unpaired) electrons. The monoisotopic (exact) mass is 331 g/mol. The van der Waals surface area contributed by atoms with Gasteiger partial charge >= 0.3 is 6.03 Å². The first-order valence-corrected chi connectivity index (χ1v) is 9.10. The molecule has 2 aliphatic heterocycles. The third-order valence-corrected chi connectivity index (χ3v) is 5.48. The summed E-state index contributed by atoms with van der Waals surface area (Å²) >= 11 is 0.